The zero-order valence-corrected chi connectivity index (χ0v) is 15.7. The Morgan fingerprint density at radius 1 is 1.15 bits per heavy atom. The standard InChI is InChI=1S/C19H25NO5S/c1-2-3-10-26(24,25)15-8-6-14(7-9-15)18(21)20-11-16(13-4-5-13)17(12-20)19(22)23/h6-9,13,16-17H,2-5,10-12H2,1H3,(H,22,23)/t16-,17+/m1/s1. The Labute approximate surface area is 154 Å². The lowest BCUT2D eigenvalue weighted by molar-refractivity contribution is -0.142. The minimum absolute atomic E-state index is 0.0325. The summed E-state index contributed by atoms with van der Waals surface area (Å²) in [6, 6.07) is 6.01. The summed E-state index contributed by atoms with van der Waals surface area (Å²) in [5, 5.41) is 9.42. The van der Waals surface area contributed by atoms with E-state index in [-0.39, 0.29) is 29.0 Å². The zero-order chi connectivity index (χ0) is 18.9. The van der Waals surface area contributed by atoms with Crippen molar-refractivity contribution in [2.24, 2.45) is 17.8 Å². The summed E-state index contributed by atoms with van der Waals surface area (Å²) in [6.07, 6.45) is 3.50. The van der Waals surface area contributed by atoms with Crippen molar-refractivity contribution in [1.29, 1.82) is 0 Å². The molecule has 0 spiro atoms. The second-order valence-electron chi connectivity index (χ2n) is 7.35. The van der Waals surface area contributed by atoms with Crippen LogP contribution in [0.2, 0.25) is 0 Å². The van der Waals surface area contributed by atoms with E-state index < -0.39 is 21.7 Å². The van der Waals surface area contributed by atoms with E-state index in [1.54, 1.807) is 4.90 Å². The number of carbonyl (C=O) groups excluding carboxylic acids is 1. The second kappa shape index (κ2) is 7.39. The molecule has 2 fully saturated rings. The molecule has 1 N–H and O–H groups in total. The van der Waals surface area contributed by atoms with E-state index in [4.69, 9.17) is 0 Å². The summed E-state index contributed by atoms with van der Waals surface area (Å²) in [5.41, 5.74) is 0.403. The van der Waals surface area contributed by atoms with E-state index in [0.717, 1.165) is 19.3 Å². The van der Waals surface area contributed by atoms with Crippen molar-refractivity contribution >= 4 is 21.7 Å². The van der Waals surface area contributed by atoms with E-state index in [2.05, 4.69) is 0 Å². The van der Waals surface area contributed by atoms with Gasteiger partial charge in [0.1, 0.15) is 0 Å². The van der Waals surface area contributed by atoms with E-state index in [9.17, 15) is 23.1 Å². The maximum atomic E-state index is 12.7. The number of hydrogen-bond acceptors (Lipinski definition) is 4. The third kappa shape index (κ3) is 3.92. The Morgan fingerprint density at radius 2 is 1.81 bits per heavy atom. The highest BCUT2D eigenvalue weighted by Gasteiger charge is 2.46. The number of likely N-dealkylation sites (tertiary alicyclic amines) is 1. The number of carbonyl (C=O) groups is 2. The highest BCUT2D eigenvalue weighted by molar-refractivity contribution is 7.91. The molecule has 3 rings (SSSR count). The van der Waals surface area contributed by atoms with Crippen LogP contribution in [0, 0.1) is 17.8 Å². The molecule has 1 saturated carbocycles. The Kier molecular flexibility index (Phi) is 5.37. The van der Waals surface area contributed by atoms with Gasteiger partial charge >= 0.3 is 5.97 Å². The van der Waals surface area contributed by atoms with Crippen LogP contribution in [-0.4, -0.2) is 49.1 Å². The van der Waals surface area contributed by atoms with E-state index in [1.807, 2.05) is 6.92 Å². The maximum Gasteiger partial charge on any atom is 0.308 e. The van der Waals surface area contributed by atoms with Crippen molar-refractivity contribution in [3.05, 3.63) is 29.8 Å². The van der Waals surface area contributed by atoms with Gasteiger partial charge in [-0.05, 0) is 55.4 Å². The topological polar surface area (TPSA) is 91.8 Å². The van der Waals surface area contributed by atoms with Crippen LogP contribution >= 0.6 is 0 Å². The molecule has 1 aromatic rings. The number of carboxylic acids is 1. The van der Waals surface area contributed by atoms with Gasteiger partial charge < -0.3 is 10.0 Å². The van der Waals surface area contributed by atoms with Crippen LogP contribution in [0.25, 0.3) is 0 Å². The highest BCUT2D eigenvalue weighted by atomic mass is 32.2. The van der Waals surface area contributed by atoms with E-state index in [0.29, 0.717) is 24.4 Å². The fourth-order valence-corrected chi connectivity index (χ4v) is 5.15. The predicted octanol–water partition coefficient (Wildman–Crippen LogP) is 2.44. The molecule has 0 radical (unpaired) electrons. The molecule has 2 aliphatic rings. The minimum Gasteiger partial charge on any atom is -0.481 e. The molecule has 142 valence electrons. The van der Waals surface area contributed by atoms with Crippen molar-refractivity contribution < 1.29 is 23.1 Å². The maximum absolute atomic E-state index is 12.7. The molecule has 1 aliphatic carbocycles. The van der Waals surface area contributed by atoms with Gasteiger partial charge in [-0.15, -0.1) is 0 Å². The third-order valence-electron chi connectivity index (χ3n) is 5.42. The number of amides is 1. The number of aliphatic carboxylic acids is 1. The molecule has 1 amide bonds. The normalized spacial score (nSPS) is 23.2. The molecule has 6 nitrogen and oxygen atoms in total. The quantitative estimate of drug-likeness (QED) is 0.786. The molecule has 1 heterocycles. The molecule has 1 saturated heterocycles. The van der Waals surface area contributed by atoms with E-state index in [1.165, 1.54) is 24.3 Å². The van der Waals surface area contributed by atoms with Gasteiger partial charge in [0.25, 0.3) is 5.91 Å². The minimum atomic E-state index is -3.32. The molecule has 7 heteroatoms. The summed E-state index contributed by atoms with van der Waals surface area (Å²) in [4.78, 5) is 26.0. The first-order chi connectivity index (χ1) is 12.3. The number of hydrogen-bond donors (Lipinski definition) is 1. The average Bonchev–Trinajstić information content (AvgIpc) is 3.37. The van der Waals surface area contributed by atoms with Crippen LogP contribution in [-0.2, 0) is 14.6 Å². The first-order valence-corrected chi connectivity index (χ1v) is 10.8. The second-order valence-corrected chi connectivity index (χ2v) is 9.46. The number of unbranched alkanes of at least 4 members (excludes halogenated alkanes) is 1. The van der Waals surface area contributed by atoms with Crippen molar-refractivity contribution in [3.63, 3.8) is 0 Å². The van der Waals surface area contributed by atoms with Gasteiger partial charge in [-0.1, -0.05) is 13.3 Å². The lowest BCUT2D eigenvalue weighted by atomic mass is 9.92. The smallest absolute Gasteiger partial charge is 0.308 e. The molecule has 0 unspecified atom stereocenters. The number of sulfone groups is 1. The lowest BCUT2D eigenvalue weighted by Gasteiger charge is -2.16. The first kappa shape index (κ1) is 18.9. The summed E-state index contributed by atoms with van der Waals surface area (Å²) >= 11 is 0. The molecule has 1 aliphatic heterocycles. The van der Waals surface area contributed by atoms with Crippen LogP contribution in [0.15, 0.2) is 29.2 Å². The van der Waals surface area contributed by atoms with Crippen molar-refractivity contribution in [1.82, 2.24) is 4.90 Å². The van der Waals surface area contributed by atoms with Gasteiger partial charge in [-0.2, -0.15) is 0 Å². The summed E-state index contributed by atoms with van der Waals surface area (Å²) < 4.78 is 24.4. The lowest BCUT2D eigenvalue weighted by Crippen LogP contribution is -2.29. The fraction of sp³-hybridized carbons (Fsp3) is 0.579. The summed E-state index contributed by atoms with van der Waals surface area (Å²) in [6.45, 7) is 2.63. The van der Waals surface area contributed by atoms with Gasteiger partial charge in [0, 0.05) is 18.7 Å². The Morgan fingerprint density at radius 3 is 2.35 bits per heavy atom. The number of nitrogens with zero attached hydrogens (tertiary/aromatic N) is 1. The van der Waals surface area contributed by atoms with Crippen LogP contribution in [0.5, 0.6) is 0 Å². The number of rotatable bonds is 7. The average molecular weight is 379 g/mol. The molecule has 0 bridgehead atoms. The fourth-order valence-electron chi connectivity index (χ4n) is 3.70. The molecule has 0 aromatic heterocycles. The van der Waals surface area contributed by atoms with Gasteiger partial charge in [0.05, 0.1) is 16.6 Å². The van der Waals surface area contributed by atoms with Crippen LogP contribution in [0.4, 0.5) is 0 Å². The predicted molar refractivity (Wildman–Crippen MR) is 96.6 cm³/mol. The largest absolute Gasteiger partial charge is 0.481 e. The Hall–Kier alpha value is -1.89. The third-order valence-corrected chi connectivity index (χ3v) is 7.24. The summed E-state index contributed by atoms with van der Waals surface area (Å²) in [5.74, 6) is -1.01. The van der Waals surface area contributed by atoms with Crippen molar-refractivity contribution in [2.45, 2.75) is 37.5 Å². The van der Waals surface area contributed by atoms with E-state index >= 15 is 0 Å². The molecule has 26 heavy (non-hydrogen) atoms. The molecule has 2 atom stereocenters. The SMILES string of the molecule is CCCCS(=O)(=O)c1ccc(C(=O)N2C[C@H](C(=O)O)[C@@H](C3CC3)C2)cc1. The number of carboxylic acid groups (broad SMARTS) is 1. The Bertz CT molecular complexity index is 783. The van der Waals surface area contributed by atoms with Gasteiger partial charge in [0.15, 0.2) is 9.84 Å². The number of benzene rings is 1. The van der Waals surface area contributed by atoms with Gasteiger partial charge in [0.2, 0.25) is 0 Å². The molecule has 1 aromatic carbocycles. The van der Waals surface area contributed by atoms with Crippen molar-refractivity contribution in [3.8, 4) is 0 Å². The zero-order valence-electron chi connectivity index (χ0n) is 14.9. The van der Waals surface area contributed by atoms with Crippen molar-refractivity contribution in [2.75, 3.05) is 18.8 Å². The molecular weight excluding hydrogens is 354 g/mol. The van der Waals surface area contributed by atoms with Crippen LogP contribution in [0.1, 0.15) is 43.0 Å². The summed E-state index contributed by atoms with van der Waals surface area (Å²) in [7, 11) is -3.32. The van der Waals surface area contributed by atoms with Gasteiger partial charge in [-0.3, -0.25) is 9.59 Å². The van der Waals surface area contributed by atoms with Crippen LogP contribution < -0.4 is 0 Å². The molecular formula is C19H25NO5S. The highest BCUT2D eigenvalue weighted by Crippen LogP contribution is 2.44. The Balaban J connectivity index is 1.71. The monoisotopic (exact) mass is 379 g/mol. The van der Waals surface area contributed by atoms with Gasteiger partial charge in [-0.25, -0.2) is 8.42 Å². The first-order valence-electron chi connectivity index (χ1n) is 9.18. The van der Waals surface area contributed by atoms with Crippen LogP contribution in [0.3, 0.4) is 0 Å².